The number of halogens is 2. The van der Waals surface area contributed by atoms with Gasteiger partial charge in [0.05, 0.1) is 0 Å². The number of nitrogens with two attached hydrogens (primary N) is 1. The minimum atomic E-state index is -2.79. The minimum absolute atomic E-state index is 0.284. The quantitative estimate of drug-likeness (QED) is 0.800. The largest absolute Gasteiger partial charge is 0.335 e. The normalized spacial score (nSPS) is 27.2. The summed E-state index contributed by atoms with van der Waals surface area (Å²) in [6.45, 7) is 0. The zero-order chi connectivity index (χ0) is 11.6. The van der Waals surface area contributed by atoms with Crippen molar-refractivity contribution in [2.45, 2.75) is 17.9 Å². The van der Waals surface area contributed by atoms with E-state index in [-0.39, 0.29) is 6.42 Å². The number of rotatable bonds is 1. The first-order valence-electron chi connectivity index (χ1n) is 5.03. The van der Waals surface area contributed by atoms with Crippen molar-refractivity contribution >= 4 is 11.0 Å². The van der Waals surface area contributed by atoms with E-state index in [0.29, 0.717) is 16.6 Å². The van der Waals surface area contributed by atoms with Gasteiger partial charge in [-0.1, -0.05) is 0 Å². The Labute approximate surface area is 90.9 Å². The summed E-state index contributed by atoms with van der Waals surface area (Å²) in [7, 11) is 1.78. The molecule has 1 saturated carbocycles. The second-order valence-corrected chi connectivity index (χ2v) is 4.38. The Bertz CT molecular complexity index is 576. The summed E-state index contributed by atoms with van der Waals surface area (Å²) in [5, 5.41) is 0.713. The molecule has 1 atom stereocenters. The molecular weight excluding hydrogens is 212 g/mol. The summed E-state index contributed by atoms with van der Waals surface area (Å²) in [6.07, 6.45) is 3.01. The summed E-state index contributed by atoms with van der Waals surface area (Å²) < 4.78 is 28.2. The highest BCUT2D eigenvalue weighted by Crippen LogP contribution is 2.58. The number of hydrogen-bond acceptors (Lipinski definition) is 2. The highest BCUT2D eigenvalue weighted by atomic mass is 19.3. The van der Waals surface area contributed by atoms with Crippen molar-refractivity contribution in [1.29, 1.82) is 0 Å². The molecule has 1 aliphatic rings. The van der Waals surface area contributed by atoms with E-state index in [1.54, 1.807) is 36.1 Å². The van der Waals surface area contributed by atoms with Gasteiger partial charge in [-0.15, -0.1) is 0 Å². The lowest BCUT2D eigenvalue weighted by atomic mass is 10.1. The van der Waals surface area contributed by atoms with Crippen LogP contribution in [-0.2, 0) is 12.6 Å². The smallest absolute Gasteiger partial charge is 0.272 e. The monoisotopic (exact) mass is 223 g/mol. The number of aromatic nitrogens is 2. The molecule has 0 radical (unpaired) electrons. The van der Waals surface area contributed by atoms with Gasteiger partial charge in [-0.25, -0.2) is 13.8 Å². The summed E-state index contributed by atoms with van der Waals surface area (Å²) in [5.41, 5.74) is 5.40. The maximum atomic E-state index is 13.2. The van der Waals surface area contributed by atoms with Crippen LogP contribution in [-0.4, -0.2) is 15.5 Å². The molecule has 1 unspecified atom stereocenters. The van der Waals surface area contributed by atoms with Crippen molar-refractivity contribution in [3.63, 3.8) is 0 Å². The number of pyridine rings is 1. The standard InChI is InChI=1S/C11H11F2N3/c1-16-5-8(10(14)6-11(10,12)13)7-3-2-4-15-9(7)16/h2-5H,6,14H2,1H3. The highest BCUT2D eigenvalue weighted by molar-refractivity contribution is 5.82. The summed E-state index contributed by atoms with van der Waals surface area (Å²) in [5.74, 6) is -2.79. The van der Waals surface area contributed by atoms with Crippen LogP contribution in [0, 0.1) is 0 Å². The Balaban J connectivity index is 2.27. The fraction of sp³-hybridized carbons (Fsp3) is 0.364. The zero-order valence-corrected chi connectivity index (χ0v) is 8.74. The van der Waals surface area contributed by atoms with Crippen molar-refractivity contribution in [1.82, 2.24) is 9.55 Å². The molecule has 3 rings (SSSR count). The van der Waals surface area contributed by atoms with E-state index in [0.717, 1.165) is 0 Å². The first kappa shape index (κ1) is 9.72. The average molecular weight is 223 g/mol. The molecule has 0 bridgehead atoms. The van der Waals surface area contributed by atoms with Crippen molar-refractivity contribution < 1.29 is 8.78 Å². The molecule has 2 aromatic heterocycles. The lowest BCUT2D eigenvalue weighted by Gasteiger charge is -2.08. The fourth-order valence-corrected chi connectivity index (χ4v) is 2.17. The second kappa shape index (κ2) is 2.60. The molecule has 1 fully saturated rings. The van der Waals surface area contributed by atoms with Crippen molar-refractivity contribution in [3.8, 4) is 0 Å². The molecule has 1 aliphatic carbocycles. The van der Waals surface area contributed by atoms with E-state index in [1.165, 1.54) is 0 Å². The maximum Gasteiger partial charge on any atom is 0.272 e. The molecule has 3 nitrogen and oxygen atoms in total. The van der Waals surface area contributed by atoms with E-state index in [4.69, 9.17) is 5.73 Å². The summed E-state index contributed by atoms with van der Waals surface area (Å²) >= 11 is 0. The fourth-order valence-electron chi connectivity index (χ4n) is 2.17. The van der Waals surface area contributed by atoms with Crippen molar-refractivity contribution in [3.05, 3.63) is 30.1 Å². The number of aryl methyl sites for hydroxylation is 1. The lowest BCUT2D eigenvalue weighted by molar-refractivity contribution is 0.0894. The number of hydrogen-bond donors (Lipinski definition) is 1. The Morgan fingerprint density at radius 2 is 2.19 bits per heavy atom. The first-order valence-corrected chi connectivity index (χ1v) is 5.03. The molecular formula is C11H11F2N3. The van der Waals surface area contributed by atoms with Gasteiger partial charge in [0.1, 0.15) is 11.2 Å². The number of fused-ring (bicyclic) bond motifs is 1. The van der Waals surface area contributed by atoms with E-state index < -0.39 is 11.5 Å². The Morgan fingerprint density at radius 1 is 1.50 bits per heavy atom. The molecule has 84 valence electrons. The van der Waals surface area contributed by atoms with Crippen LogP contribution in [0.5, 0.6) is 0 Å². The maximum absolute atomic E-state index is 13.2. The van der Waals surface area contributed by atoms with Crippen molar-refractivity contribution in [2.24, 2.45) is 12.8 Å². The lowest BCUT2D eigenvalue weighted by Crippen LogP contribution is -2.26. The summed E-state index contributed by atoms with van der Waals surface area (Å²) in [6, 6.07) is 3.51. The predicted molar refractivity (Wildman–Crippen MR) is 56.1 cm³/mol. The predicted octanol–water partition coefficient (Wildman–Crippen LogP) is 1.77. The molecule has 0 saturated heterocycles. The molecule has 0 spiro atoms. The molecule has 2 N–H and O–H groups in total. The van der Waals surface area contributed by atoms with Crippen LogP contribution in [0.4, 0.5) is 8.78 Å². The average Bonchev–Trinajstić information content (AvgIpc) is 2.59. The molecule has 0 aromatic carbocycles. The summed E-state index contributed by atoms with van der Waals surface area (Å²) in [4.78, 5) is 4.15. The number of alkyl halides is 2. The first-order chi connectivity index (χ1) is 7.46. The van der Waals surface area contributed by atoms with Crippen LogP contribution in [0.2, 0.25) is 0 Å². The topological polar surface area (TPSA) is 43.8 Å². The Kier molecular flexibility index (Phi) is 1.58. The van der Waals surface area contributed by atoms with Gasteiger partial charge in [0.2, 0.25) is 0 Å². The third kappa shape index (κ3) is 1.01. The van der Waals surface area contributed by atoms with Gasteiger partial charge in [-0.3, -0.25) is 0 Å². The van der Waals surface area contributed by atoms with E-state index >= 15 is 0 Å². The van der Waals surface area contributed by atoms with E-state index in [9.17, 15) is 8.78 Å². The molecule has 0 amide bonds. The molecule has 16 heavy (non-hydrogen) atoms. The van der Waals surface area contributed by atoms with Crippen LogP contribution in [0.1, 0.15) is 12.0 Å². The van der Waals surface area contributed by atoms with Gasteiger partial charge in [0.25, 0.3) is 5.92 Å². The van der Waals surface area contributed by atoms with Gasteiger partial charge in [0, 0.05) is 36.8 Å². The van der Waals surface area contributed by atoms with Crippen LogP contribution < -0.4 is 5.73 Å². The van der Waals surface area contributed by atoms with E-state index in [1.807, 2.05) is 0 Å². The van der Waals surface area contributed by atoms with Gasteiger partial charge in [0.15, 0.2) is 0 Å². The van der Waals surface area contributed by atoms with Gasteiger partial charge >= 0.3 is 0 Å². The van der Waals surface area contributed by atoms with E-state index in [2.05, 4.69) is 4.98 Å². The van der Waals surface area contributed by atoms with Crippen LogP contribution in [0.15, 0.2) is 24.5 Å². The minimum Gasteiger partial charge on any atom is -0.335 e. The number of nitrogens with zero attached hydrogens (tertiary/aromatic N) is 2. The second-order valence-electron chi connectivity index (χ2n) is 4.38. The van der Waals surface area contributed by atoms with Crippen LogP contribution in [0.25, 0.3) is 11.0 Å². The van der Waals surface area contributed by atoms with Gasteiger partial charge in [-0.05, 0) is 12.1 Å². The van der Waals surface area contributed by atoms with Gasteiger partial charge < -0.3 is 10.3 Å². The molecule has 5 heteroatoms. The van der Waals surface area contributed by atoms with Crippen LogP contribution >= 0.6 is 0 Å². The molecule has 2 heterocycles. The third-order valence-corrected chi connectivity index (χ3v) is 3.24. The Hall–Kier alpha value is -1.49. The van der Waals surface area contributed by atoms with Gasteiger partial charge in [-0.2, -0.15) is 0 Å². The van der Waals surface area contributed by atoms with Crippen LogP contribution in [0.3, 0.4) is 0 Å². The molecule has 0 aliphatic heterocycles. The van der Waals surface area contributed by atoms with Crippen molar-refractivity contribution in [2.75, 3.05) is 0 Å². The SMILES string of the molecule is Cn1cc(C2(N)CC2(F)F)c2cccnc21. The Morgan fingerprint density at radius 3 is 2.81 bits per heavy atom. The third-order valence-electron chi connectivity index (χ3n) is 3.24. The zero-order valence-electron chi connectivity index (χ0n) is 8.74. The highest BCUT2D eigenvalue weighted by Gasteiger charge is 2.70. The molecule has 2 aromatic rings.